The fourth-order valence-electron chi connectivity index (χ4n) is 4.24. The molecule has 2 aromatic carbocycles. The number of benzene rings is 2. The van der Waals surface area contributed by atoms with Gasteiger partial charge in [-0.3, -0.25) is 9.69 Å². The van der Waals surface area contributed by atoms with Gasteiger partial charge in [0, 0.05) is 18.5 Å². The highest BCUT2D eigenvalue weighted by atomic mass is 35.5. The molecule has 0 bridgehead atoms. The fraction of sp³-hybridized carbons (Fsp3) is 0.417. The molecule has 1 saturated heterocycles. The van der Waals surface area contributed by atoms with Crippen molar-refractivity contribution in [3.05, 3.63) is 64.7 Å². The first kappa shape index (κ1) is 21.8. The van der Waals surface area contributed by atoms with Crippen molar-refractivity contribution in [2.45, 2.75) is 43.5 Å². The molecule has 1 aliphatic heterocycles. The maximum atomic E-state index is 12.8. The maximum Gasteiger partial charge on any atom is 0.165 e. The molecule has 4 rings (SSSR count). The number of thiazole rings is 1. The second-order valence-corrected chi connectivity index (χ2v) is 11.2. The number of piperidine rings is 1. The monoisotopic (exact) mass is 460 g/mol. The second kappa shape index (κ2) is 9.35. The summed E-state index contributed by atoms with van der Waals surface area (Å²) < 4.78 is 0.000874. The molecule has 0 radical (unpaired) electrons. The molecule has 0 atom stereocenters. The molecule has 0 amide bonds. The first-order valence-corrected chi connectivity index (χ1v) is 12.0. The van der Waals surface area contributed by atoms with Gasteiger partial charge in [0.05, 0.1) is 15.2 Å². The van der Waals surface area contributed by atoms with Crippen LogP contribution in [0.5, 0.6) is 0 Å². The molecule has 158 valence electrons. The summed E-state index contributed by atoms with van der Waals surface area (Å²) in [6.07, 6.45) is 2.93. The van der Waals surface area contributed by atoms with Crippen molar-refractivity contribution in [3.8, 4) is 0 Å². The molecule has 2 heterocycles. The summed E-state index contributed by atoms with van der Waals surface area (Å²) in [6, 6.07) is 16.2. The number of likely N-dealkylation sites (tertiary alicyclic amines) is 1. The number of nitrogens with zero attached hydrogens (tertiary/aromatic N) is 2. The summed E-state index contributed by atoms with van der Waals surface area (Å²) in [6.45, 7) is 5.04. The first-order valence-electron chi connectivity index (χ1n) is 10.4. The molecule has 0 saturated carbocycles. The minimum Gasteiger partial charge on any atom is -0.299 e. The smallest absolute Gasteiger partial charge is 0.165 e. The Bertz CT molecular complexity index is 1010. The van der Waals surface area contributed by atoms with E-state index in [1.807, 2.05) is 31.2 Å². The number of hydrogen-bond acceptors (Lipinski definition) is 4. The highest BCUT2D eigenvalue weighted by Gasteiger charge is 2.33. The van der Waals surface area contributed by atoms with E-state index in [1.165, 1.54) is 5.56 Å². The molecule has 3 aromatic rings. The van der Waals surface area contributed by atoms with Crippen molar-refractivity contribution in [2.75, 3.05) is 13.1 Å². The van der Waals surface area contributed by atoms with E-state index in [9.17, 15) is 4.79 Å². The third kappa shape index (κ3) is 5.61. The Kier molecular flexibility index (Phi) is 6.78. The van der Waals surface area contributed by atoms with Crippen LogP contribution in [0.2, 0.25) is 0 Å². The number of carbonyl (C=O) groups excluding carboxylic acids is 1. The van der Waals surface area contributed by atoms with E-state index < -0.39 is 4.33 Å². The van der Waals surface area contributed by atoms with Crippen molar-refractivity contribution in [3.63, 3.8) is 0 Å². The van der Waals surface area contributed by atoms with Gasteiger partial charge in [-0.25, -0.2) is 4.98 Å². The van der Waals surface area contributed by atoms with Gasteiger partial charge in [-0.2, -0.15) is 0 Å². The molecule has 1 aliphatic rings. The van der Waals surface area contributed by atoms with Crippen LogP contribution in [0.15, 0.2) is 48.5 Å². The van der Waals surface area contributed by atoms with Gasteiger partial charge in [0.15, 0.2) is 5.78 Å². The van der Waals surface area contributed by atoms with Crippen molar-refractivity contribution in [2.24, 2.45) is 5.92 Å². The van der Waals surface area contributed by atoms with Crippen LogP contribution in [-0.2, 0) is 6.54 Å². The lowest BCUT2D eigenvalue weighted by Crippen LogP contribution is -2.35. The molecule has 3 nitrogen and oxygen atoms in total. The lowest BCUT2D eigenvalue weighted by atomic mass is 9.90. The summed E-state index contributed by atoms with van der Waals surface area (Å²) in [5.74, 6) is 0.445. The van der Waals surface area contributed by atoms with Crippen LogP contribution in [0.3, 0.4) is 0 Å². The SMILES string of the molecule is Cc1nc2ccc(C(=O)CC(Cl)(Cl)CC3CCN(Cc4ccccc4)CC3)cc2s1. The van der Waals surface area contributed by atoms with Gasteiger partial charge in [0.25, 0.3) is 0 Å². The minimum absolute atomic E-state index is 0.00512. The third-order valence-electron chi connectivity index (χ3n) is 5.78. The zero-order chi connectivity index (χ0) is 21.1. The van der Waals surface area contributed by atoms with Gasteiger partial charge in [0.2, 0.25) is 0 Å². The largest absolute Gasteiger partial charge is 0.299 e. The Labute approximate surface area is 192 Å². The molecule has 1 fully saturated rings. The zero-order valence-electron chi connectivity index (χ0n) is 17.1. The number of carbonyl (C=O) groups is 1. The molecule has 1 aromatic heterocycles. The number of Topliss-reactive ketones (excluding diaryl/α,β-unsaturated/α-hetero) is 1. The van der Waals surface area contributed by atoms with Gasteiger partial charge >= 0.3 is 0 Å². The number of hydrogen-bond donors (Lipinski definition) is 0. The molecular formula is C24H26Cl2N2OS. The number of rotatable bonds is 7. The Balaban J connectivity index is 1.30. The van der Waals surface area contributed by atoms with E-state index >= 15 is 0 Å². The maximum absolute atomic E-state index is 12.8. The van der Waals surface area contributed by atoms with Crippen LogP contribution in [0.4, 0.5) is 0 Å². The number of ketones is 1. The number of aromatic nitrogens is 1. The van der Waals surface area contributed by atoms with Crippen molar-refractivity contribution >= 4 is 50.5 Å². The van der Waals surface area contributed by atoms with E-state index in [-0.39, 0.29) is 12.2 Å². The molecule has 0 spiro atoms. The highest BCUT2D eigenvalue weighted by Crippen LogP contribution is 2.38. The Morgan fingerprint density at radius 2 is 1.90 bits per heavy atom. The average Bonchev–Trinajstić information content (AvgIpc) is 3.09. The summed E-state index contributed by atoms with van der Waals surface area (Å²) in [5.41, 5.74) is 2.94. The van der Waals surface area contributed by atoms with Crippen molar-refractivity contribution < 1.29 is 4.79 Å². The zero-order valence-corrected chi connectivity index (χ0v) is 19.4. The first-order chi connectivity index (χ1) is 14.4. The number of alkyl halides is 2. The molecule has 0 unspecified atom stereocenters. The summed E-state index contributed by atoms with van der Waals surface area (Å²) in [7, 11) is 0. The third-order valence-corrected chi connectivity index (χ3v) is 7.29. The second-order valence-electron chi connectivity index (χ2n) is 8.28. The molecule has 6 heteroatoms. The van der Waals surface area contributed by atoms with E-state index in [0.717, 1.165) is 47.7 Å². The van der Waals surface area contributed by atoms with Crippen LogP contribution in [0.1, 0.15) is 46.6 Å². The van der Waals surface area contributed by atoms with E-state index in [2.05, 4.69) is 34.1 Å². The van der Waals surface area contributed by atoms with Crippen LogP contribution in [0.25, 0.3) is 10.2 Å². The molecular weight excluding hydrogens is 435 g/mol. The predicted octanol–water partition coefficient (Wildman–Crippen LogP) is 6.65. The van der Waals surface area contributed by atoms with Crippen molar-refractivity contribution in [1.82, 2.24) is 9.88 Å². The van der Waals surface area contributed by atoms with Gasteiger partial charge < -0.3 is 0 Å². The Morgan fingerprint density at radius 1 is 1.17 bits per heavy atom. The average molecular weight is 461 g/mol. The lowest BCUT2D eigenvalue weighted by Gasteiger charge is -2.34. The number of fused-ring (bicyclic) bond motifs is 1. The lowest BCUT2D eigenvalue weighted by molar-refractivity contribution is 0.0970. The molecule has 0 N–H and O–H groups in total. The standard InChI is InChI=1S/C24H26Cl2N2OS/c1-17-27-21-8-7-20(13-23(21)30-17)22(29)15-24(25,26)14-18-9-11-28(12-10-18)16-19-5-3-2-4-6-19/h2-8,13,18H,9-12,14-16H2,1H3. The van der Waals surface area contributed by atoms with Crippen molar-refractivity contribution in [1.29, 1.82) is 0 Å². The Morgan fingerprint density at radius 3 is 2.63 bits per heavy atom. The summed E-state index contributed by atoms with van der Waals surface area (Å²) >= 11 is 14.8. The Hall–Kier alpha value is -1.46. The van der Waals surface area contributed by atoms with Crippen LogP contribution < -0.4 is 0 Å². The van der Waals surface area contributed by atoms with Gasteiger partial charge in [0.1, 0.15) is 4.33 Å². The fourth-order valence-corrected chi connectivity index (χ4v) is 5.78. The van der Waals surface area contributed by atoms with Gasteiger partial charge in [-0.05, 0) is 69.0 Å². The summed E-state index contributed by atoms with van der Waals surface area (Å²) in [4.78, 5) is 19.7. The quantitative estimate of drug-likeness (QED) is 0.292. The van der Waals surface area contributed by atoms with E-state index in [0.29, 0.717) is 17.9 Å². The van der Waals surface area contributed by atoms with Crippen LogP contribution in [0, 0.1) is 12.8 Å². The highest BCUT2D eigenvalue weighted by molar-refractivity contribution is 7.18. The normalized spacial score (nSPS) is 16.2. The predicted molar refractivity (Wildman–Crippen MR) is 127 cm³/mol. The van der Waals surface area contributed by atoms with Gasteiger partial charge in [-0.1, -0.05) is 30.3 Å². The molecule has 30 heavy (non-hydrogen) atoms. The van der Waals surface area contributed by atoms with Gasteiger partial charge in [-0.15, -0.1) is 34.5 Å². The summed E-state index contributed by atoms with van der Waals surface area (Å²) in [5, 5.41) is 0.997. The van der Waals surface area contributed by atoms with E-state index in [1.54, 1.807) is 11.3 Å². The van der Waals surface area contributed by atoms with E-state index in [4.69, 9.17) is 23.2 Å². The van der Waals surface area contributed by atoms with Crippen LogP contribution >= 0.6 is 34.5 Å². The topological polar surface area (TPSA) is 33.2 Å². The number of halogens is 2. The number of aryl methyl sites for hydroxylation is 1. The minimum atomic E-state index is -1.03. The molecule has 0 aliphatic carbocycles. The van der Waals surface area contributed by atoms with Crippen LogP contribution in [-0.4, -0.2) is 33.1 Å².